The summed E-state index contributed by atoms with van der Waals surface area (Å²) in [7, 11) is 0. The van der Waals surface area contributed by atoms with E-state index >= 15 is 0 Å². The average Bonchev–Trinajstić information content (AvgIpc) is 2.16. The monoisotopic (exact) mass is 222 g/mol. The molecule has 0 aliphatic rings. The molecule has 0 unspecified atom stereocenters. The minimum absolute atomic E-state index is 0.360. The molecule has 0 radical (unpaired) electrons. The van der Waals surface area contributed by atoms with Crippen LogP contribution in [0.15, 0.2) is 24.3 Å². The summed E-state index contributed by atoms with van der Waals surface area (Å²) >= 11 is 0. The zero-order valence-electron chi connectivity index (χ0n) is 9.46. The van der Waals surface area contributed by atoms with Crippen molar-refractivity contribution in [1.29, 1.82) is 0 Å². The molecule has 0 saturated carbocycles. The number of carboxylic acids is 1. The molecule has 0 atom stereocenters. The highest BCUT2D eigenvalue weighted by Crippen LogP contribution is 2.23. The zero-order valence-corrected chi connectivity index (χ0v) is 9.46. The van der Waals surface area contributed by atoms with Crippen molar-refractivity contribution in [3.8, 4) is 0 Å². The van der Waals surface area contributed by atoms with Gasteiger partial charge < -0.3 is 5.11 Å². The third-order valence-electron chi connectivity index (χ3n) is 2.29. The van der Waals surface area contributed by atoms with Gasteiger partial charge in [-0.25, -0.2) is 9.18 Å². The molecule has 0 aromatic heterocycles. The third-order valence-corrected chi connectivity index (χ3v) is 2.29. The predicted octanol–water partition coefficient (Wildman–Crippen LogP) is 3.40. The van der Waals surface area contributed by atoms with Crippen LogP contribution in [0.4, 0.5) is 4.39 Å². The minimum atomic E-state index is -1.04. The first-order chi connectivity index (χ1) is 7.54. The molecule has 0 saturated heterocycles. The maximum absolute atomic E-state index is 13.6. The van der Waals surface area contributed by atoms with Crippen LogP contribution >= 0.6 is 0 Å². The molecule has 1 aromatic carbocycles. The second-order valence-corrected chi connectivity index (χ2v) is 3.74. The number of benzene rings is 1. The van der Waals surface area contributed by atoms with E-state index in [-0.39, 0.29) is 5.82 Å². The van der Waals surface area contributed by atoms with Crippen LogP contribution in [-0.2, 0) is 4.79 Å². The molecule has 1 rings (SSSR count). The fourth-order valence-electron chi connectivity index (χ4n) is 1.58. The van der Waals surface area contributed by atoms with Crippen molar-refractivity contribution in [2.45, 2.75) is 26.7 Å². The van der Waals surface area contributed by atoms with Crippen molar-refractivity contribution in [2.75, 3.05) is 0 Å². The summed E-state index contributed by atoms with van der Waals surface area (Å²) < 4.78 is 13.6. The summed E-state index contributed by atoms with van der Waals surface area (Å²) in [5.74, 6) is -1.40. The van der Waals surface area contributed by atoms with Gasteiger partial charge in [-0.1, -0.05) is 25.5 Å². The summed E-state index contributed by atoms with van der Waals surface area (Å²) in [6.45, 7) is 3.73. The van der Waals surface area contributed by atoms with Gasteiger partial charge in [-0.15, -0.1) is 0 Å². The molecular weight excluding hydrogens is 207 g/mol. The summed E-state index contributed by atoms with van der Waals surface area (Å²) in [5.41, 5.74) is 1.75. The number of hydrogen-bond donors (Lipinski definition) is 1. The fourth-order valence-corrected chi connectivity index (χ4v) is 1.58. The van der Waals surface area contributed by atoms with Crippen molar-refractivity contribution in [3.63, 3.8) is 0 Å². The van der Waals surface area contributed by atoms with E-state index in [2.05, 4.69) is 0 Å². The largest absolute Gasteiger partial charge is 0.478 e. The molecule has 2 nitrogen and oxygen atoms in total. The Morgan fingerprint density at radius 2 is 2.19 bits per heavy atom. The van der Waals surface area contributed by atoms with Gasteiger partial charge in [0.25, 0.3) is 0 Å². The number of halogens is 1. The molecule has 1 N–H and O–H groups in total. The second-order valence-electron chi connectivity index (χ2n) is 3.74. The maximum Gasteiger partial charge on any atom is 0.328 e. The molecule has 0 heterocycles. The van der Waals surface area contributed by atoms with Crippen molar-refractivity contribution < 1.29 is 14.3 Å². The average molecular weight is 222 g/mol. The van der Waals surface area contributed by atoms with Gasteiger partial charge in [-0.2, -0.15) is 0 Å². The maximum atomic E-state index is 13.6. The molecule has 0 amide bonds. The van der Waals surface area contributed by atoms with Gasteiger partial charge in [0.2, 0.25) is 0 Å². The normalized spacial score (nSPS) is 11.6. The van der Waals surface area contributed by atoms with Crippen LogP contribution in [0.3, 0.4) is 0 Å². The van der Waals surface area contributed by atoms with Gasteiger partial charge in [-0.3, -0.25) is 0 Å². The highest BCUT2D eigenvalue weighted by molar-refractivity contribution is 5.90. The Labute approximate surface area is 94.4 Å². The van der Waals surface area contributed by atoms with E-state index < -0.39 is 5.97 Å². The van der Waals surface area contributed by atoms with Gasteiger partial charge in [0.05, 0.1) is 0 Å². The van der Waals surface area contributed by atoms with E-state index in [4.69, 9.17) is 5.11 Å². The smallest absolute Gasteiger partial charge is 0.328 e. The Morgan fingerprint density at radius 1 is 1.50 bits per heavy atom. The number of aryl methyl sites for hydroxylation is 1. The van der Waals surface area contributed by atoms with Gasteiger partial charge in [0, 0.05) is 11.6 Å². The molecule has 0 bridgehead atoms. The number of rotatable bonds is 4. The third kappa shape index (κ3) is 3.19. The van der Waals surface area contributed by atoms with Crippen LogP contribution in [0.5, 0.6) is 0 Å². The van der Waals surface area contributed by atoms with Gasteiger partial charge in [0.15, 0.2) is 0 Å². The lowest BCUT2D eigenvalue weighted by molar-refractivity contribution is -0.131. The van der Waals surface area contributed by atoms with Gasteiger partial charge in [0.1, 0.15) is 5.82 Å². The van der Waals surface area contributed by atoms with Crippen LogP contribution in [0, 0.1) is 12.7 Å². The van der Waals surface area contributed by atoms with Gasteiger partial charge in [-0.05, 0) is 30.5 Å². The molecule has 16 heavy (non-hydrogen) atoms. The van der Waals surface area contributed by atoms with Crippen LogP contribution in [0.2, 0.25) is 0 Å². The number of allylic oxidation sites excluding steroid dienone is 1. The minimum Gasteiger partial charge on any atom is -0.478 e. The molecule has 86 valence electrons. The van der Waals surface area contributed by atoms with E-state index in [0.717, 1.165) is 18.1 Å². The highest BCUT2D eigenvalue weighted by atomic mass is 19.1. The molecule has 0 aliphatic carbocycles. The standard InChI is InChI=1S/C13H15FO2/c1-3-4-10(8-13(15)16)11-6-5-9(2)7-12(11)14/h5-8H,3-4H2,1-2H3,(H,15,16)/b10-8+. The molecule has 0 fully saturated rings. The van der Waals surface area contributed by atoms with E-state index in [9.17, 15) is 9.18 Å². The summed E-state index contributed by atoms with van der Waals surface area (Å²) in [5, 5.41) is 8.72. The molecule has 1 aromatic rings. The number of carboxylic acid groups (broad SMARTS) is 1. The lowest BCUT2D eigenvalue weighted by Crippen LogP contribution is -1.96. The lowest BCUT2D eigenvalue weighted by atomic mass is 9.99. The Kier molecular flexibility index (Phi) is 4.23. The summed E-state index contributed by atoms with van der Waals surface area (Å²) in [6.07, 6.45) is 2.43. The Hall–Kier alpha value is -1.64. The predicted molar refractivity (Wildman–Crippen MR) is 61.7 cm³/mol. The molecule has 3 heteroatoms. The SMILES string of the molecule is CCC/C(=C\C(=O)O)c1ccc(C)cc1F. The van der Waals surface area contributed by atoms with Gasteiger partial charge >= 0.3 is 5.97 Å². The first-order valence-corrected chi connectivity index (χ1v) is 5.24. The Morgan fingerprint density at radius 3 is 2.69 bits per heavy atom. The highest BCUT2D eigenvalue weighted by Gasteiger charge is 2.08. The molecule has 0 aliphatic heterocycles. The first-order valence-electron chi connectivity index (χ1n) is 5.24. The van der Waals surface area contributed by atoms with E-state index in [0.29, 0.717) is 17.6 Å². The van der Waals surface area contributed by atoms with Crippen molar-refractivity contribution >= 4 is 11.5 Å². The molecule has 0 spiro atoms. The quantitative estimate of drug-likeness (QED) is 0.793. The Bertz CT molecular complexity index is 422. The summed E-state index contributed by atoms with van der Waals surface area (Å²) in [6, 6.07) is 4.83. The second kappa shape index (κ2) is 5.45. The summed E-state index contributed by atoms with van der Waals surface area (Å²) in [4.78, 5) is 10.6. The van der Waals surface area contributed by atoms with E-state index in [1.165, 1.54) is 6.07 Å². The van der Waals surface area contributed by atoms with Crippen molar-refractivity contribution in [1.82, 2.24) is 0 Å². The Balaban J connectivity index is 3.16. The van der Waals surface area contributed by atoms with Crippen LogP contribution in [-0.4, -0.2) is 11.1 Å². The van der Waals surface area contributed by atoms with E-state index in [1.807, 2.05) is 6.92 Å². The van der Waals surface area contributed by atoms with Crippen LogP contribution < -0.4 is 0 Å². The number of aliphatic carboxylic acids is 1. The molecular formula is C13H15FO2. The van der Waals surface area contributed by atoms with Crippen molar-refractivity contribution in [3.05, 3.63) is 41.2 Å². The fraction of sp³-hybridized carbons (Fsp3) is 0.308. The number of hydrogen-bond acceptors (Lipinski definition) is 1. The lowest BCUT2D eigenvalue weighted by Gasteiger charge is -2.07. The van der Waals surface area contributed by atoms with Crippen molar-refractivity contribution in [2.24, 2.45) is 0 Å². The zero-order chi connectivity index (χ0) is 12.1. The first kappa shape index (κ1) is 12.4. The topological polar surface area (TPSA) is 37.3 Å². The van der Waals surface area contributed by atoms with Crippen LogP contribution in [0.1, 0.15) is 30.9 Å². The van der Waals surface area contributed by atoms with Crippen LogP contribution in [0.25, 0.3) is 5.57 Å². The van der Waals surface area contributed by atoms with E-state index in [1.54, 1.807) is 19.1 Å². The number of carbonyl (C=O) groups is 1.